The number of unbranched alkanes of at least 4 members (excludes halogenated alkanes) is 9. The summed E-state index contributed by atoms with van der Waals surface area (Å²) in [5.74, 6) is 0. The molecule has 104 valence electrons. The first-order chi connectivity index (χ1) is 8.41. The van der Waals surface area contributed by atoms with Crippen LogP contribution in [0.5, 0.6) is 0 Å². The first kappa shape index (κ1) is 16.9. The molecule has 0 radical (unpaired) electrons. The monoisotopic (exact) mass is 245 g/mol. The van der Waals surface area contributed by atoms with Gasteiger partial charge in [-0.15, -0.1) is 0 Å². The Bertz CT molecular complexity index is 114. The molecular formula is C15H32FN. The minimum absolute atomic E-state index is 0.155. The van der Waals surface area contributed by atoms with Gasteiger partial charge in [-0.05, 0) is 38.8 Å². The zero-order valence-corrected chi connectivity index (χ0v) is 11.8. The Morgan fingerprint density at radius 2 is 1.12 bits per heavy atom. The fraction of sp³-hybridized carbons (Fsp3) is 1.00. The highest BCUT2D eigenvalue weighted by Gasteiger charge is 1.92. The minimum Gasteiger partial charge on any atom is -0.317 e. The summed E-state index contributed by atoms with van der Waals surface area (Å²) in [4.78, 5) is 0. The molecular weight excluding hydrogens is 213 g/mol. The molecule has 0 aliphatic rings. The smallest absolute Gasteiger partial charge is 0.0894 e. The summed E-state index contributed by atoms with van der Waals surface area (Å²) in [6.07, 6.45) is 14.0. The van der Waals surface area contributed by atoms with Crippen molar-refractivity contribution in [3.8, 4) is 0 Å². The van der Waals surface area contributed by atoms with E-state index in [9.17, 15) is 4.39 Å². The Morgan fingerprint density at radius 3 is 1.65 bits per heavy atom. The maximum Gasteiger partial charge on any atom is 0.0894 e. The first-order valence-electron chi connectivity index (χ1n) is 7.68. The van der Waals surface area contributed by atoms with Crippen LogP contribution in [0.25, 0.3) is 0 Å². The lowest BCUT2D eigenvalue weighted by molar-refractivity contribution is 0.451. The average Bonchev–Trinajstić information content (AvgIpc) is 2.35. The minimum atomic E-state index is -0.155. The van der Waals surface area contributed by atoms with Crippen molar-refractivity contribution in [2.45, 2.75) is 77.6 Å². The van der Waals surface area contributed by atoms with Crippen LogP contribution in [-0.2, 0) is 0 Å². The van der Waals surface area contributed by atoms with Gasteiger partial charge in [0.2, 0.25) is 0 Å². The maximum atomic E-state index is 11.8. The fourth-order valence-electron chi connectivity index (χ4n) is 2.03. The number of rotatable bonds is 14. The van der Waals surface area contributed by atoms with Crippen molar-refractivity contribution >= 4 is 0 Å². The second kappa shape index (κ2) is 15.9. The van der Waals surface area contributed by atoms with E-state index in [0.29, 0.717) is 0 Å². The third kappa shape index (κ3) is 15.9. The normalized spacial score (nSPS) is 10.9. The van der Waals surface area contributed by atoms with E-state index in [0.717, 1.165) is 32.4 Å². The van der Waals surface area contributed by atoms with Crippen LogP contribution in [0.4, 0.5) is 4.39 Å². The predicted molar refractivity (Wildman–Crippen MR) is 75.3 cm³/mol. The van der Waals surface area contributed by atoms with Crippen molar-refractivity contribution in [1.82, 2.24) is 5.32 Å². The van der Waals surface area contributed by atoms with Gasteiger partial charge in [-0.3, -0.25) is 4.39 Å². The van der Waals surface area contributed by atoms with Crippen LogP contribution < -0.4 is 5.32 Å². The van der Waals surface area contributed by atoms with E-state index in [4.69, 9.17) is 0 Å². The summed E-state index contributed by atoms with van der Waals surface area (Å²) >= 11 is 0. The standard InChI is InChI=1S/C15H32FN/c1-2-3-4-5-6-7-8-11-14-17-15-12-9-10-13-16/h17H,2-15H2,1H3. The van der Waals surface area contributed by atoms with Gasteiger partial charge in [0.1, 0.15) is 0 Å². The molecule has 2 heteroatoms. The van der Waals surface area contributed by atoms with Crippen molar-refractivity contribution in [1.29, 1.82) is 0 Å². The highest BCUT2D eigenvalue weighted by atomic mass is 19.1. The highest BCUT2D eigenvalue weighted by molar-refractivity contribution is 4.51. The van der Waals surface area contributed by atoms with Gasteiger partial charge >= 0.3 is 0 Å². The van der Waals surface area contributed by atoms with Gasteiger partial charge in [0, 0.05) is 0 Å². The molecule has 0 aromatic rings. The molecule has 0 amide bonds. The molecule has 0 heterocycles. The molecule has 0 spiro atoms. The topological polar surface area (TPSA) is 12.0 Å². The Balaban J connectivity index is 2.85. The van der Waals surface area contributed by atoms with Gasteiger partial charge in [-0.1, -0.05) is 51.9 Å². The molecule has 0 unspecified atom stereocenters. The lowest BCUT2D eigenvalue weighted by atomic mass is 10.1. The van der Waals surface area contributed by atoms with Crippen molar-refractivity contribution in [2.75, 3.05) is 19.8 Å². The van der Waals surface area contributed by atoms with Crippen molar-refractivity contribution < 1.29 is 4.39 Å². The van der Waals surface area contributed by atoms with Crippen LogP contribution >= 0.6 is 0 Å². The largest absolute Gasteiger partial charge is 0.317 e. The number of hydrogen-bond donors (Lipinski definition) is 1. The Labute approximate surface area is 108 Å². The van der Waals surface area contributed by atoms with Crippen LogP contribution in [0.15, 0.2) is 0 Å². The van der Waals surface area contributed by atoms with E-state index in [1.165, 1.54) is 51.4 Å². The molecule has 0 aliphatic heterocycles. The first-order valence-corrected chi connectivity index (χ1v) is 7.68. The van der Waals surface area contributed by atoms with Gasteiger partial charge in [0.15, 0.2) is 0 Å². The Kier molecular flexibility index (Phi) is 15.8. The third-order valence-corrected chi connectivity index (χ3v) is 3.19. The molecule has 0 aromatic heterocycles. The summed E-state index contributed by atoms with van der Waals surface area (Å²) in [7, 11) is 0. The van der Waals surface area contributed by atoms with Crippen LogP contribution in [0.2, 0.25) is 0 Å². The molecule has 0 rings (SSSR count). The molecule has 0 saturated carbocycles. The number of alkyl halides is 1. The van der Waals surface area contributed by atoms with Crippen molar-refractivity contribution in [3.63, 3.8) is 0 Å². The molecule has 0 saturated heterocycles. The van der Waals surface area contributed by atoms with Crippen LogP contribution in [-0.4, -0.2) is 19.8 Å². The van der Waals surface area contributed by atoms with Gasteiger partial charge in [0.25, 0.3) is 0 Å². The van der Waals surface area contributed by atoms with Crippen LogP contribution in [0.1, 0.15) is 77.6 Å². The van der Waals surface area contributed by atoms with Gasteiger partial charge < -0.3 is 5.32 Å². The molecule has 0 atom stereocenters. The maximum absolute atomic E-state index is 11.8. The van der Waals surface area contributed by atoms with E-state index in [1.807, 2.05) is 0 Å². The van der Waals surface area contributed by atoms with E-state index in [1.54, 1.807) is 0 Å². The molecule has 17 heavy (non-hydrogen) atoms. The summed E-state index contributed by atoms with van der Waals surface area (Å²) in [5, 5.41) is 3.43. The average molecular weight is 245 g/mol. The van der Waals surface area contributed by atoms with E-state index < -0.39 is 0 Å². The molecule has 0 aromatic carbocycles. The van der Waals surface area contributed by atoms with Gasteiger partial charge in [-0.25, -0.2) is 0 Å². The van der Waals surface area contributed by atoms with E-state index in [-0.39, 0.29) is 6.67 Å². The molecule has 0 fully saturated rings. The van der Waals surface area contributed by atoms with Crippen LogP contribution in [0.3, 0.4) is 0 Å². The third-order valence-electron chi connectivity index (χ3n) is 3.19. The van der Waals surface area contributed by atoms with Gasteiger partial charge in [-0.2, -0.15) is 0 Å². The molecule has 0 aliphatic carbocycles. The predicted octanol–water partition coefficient (Wildman–Crippen LogP) is 4.86. The summed E-state index contributed by atoms with van der Waals surface area (Å²) in [5.41, 5.74) is 0. The van der Waals surface area contributed by atoms with Crippen LogP contribution in [0, 0.1) is 0 Å². The van der Waals surface area contributed by atoms with Crippen molar-refractivity contribution in [3.05, 3.63) is 0 Å². The lowest BCUT2D eigenvalue weighted by Crippen LogP contribution is -2.16. The van der Waals surface area contributed by atoms with E-state index >= 15 is 0 Å². The molecule has 1 N–H and O–H groups in total. The zero-order valence-electron chi connectivity index (χ0n) is 11.8. The second-order valence-electron chi connectivity index (χ2n) is 4.97. The summed E-state index contributed by atoms with van der Waals surface area (Å²) < 4.78 is 11.8. The summed E-state index contributed by atoms with van der Waals surface area (Å²) in [6, 6.07) is 0. The van der Waals surface area contributed by atoms with Crippen molar-refractivity contribution in [2.24, 2.45) is 0 Å². The number of hydrogen-bond acceptors (Lipinski definition) is 1. The SMILES string of the molecule is CCCCCCCCCCNCCCCCF. The molecule has 0 bridgehead atoms. The highest BCUT2D eigenvalue weighted by Crippen LogP contribution is 2.07. The van der Waals surface area contributed by atoms with E-state index in [2.05, 4.69) is 12.2 Å². The Morgan fingerprint density at radius 1 is 0.647 bits per heavy atom. The summed E-state index contributed by atoms with van der Waals surface area (Å²) in [6.45, 7) is 4.32. The quantitative estimate of drug-likeness (QED) is 0.431. The Hall–Kier alpha value is -0.110. The second-order valence-corrected chi connectivity index (χ2v) is 4.97. The number of nitrogens with one attached hydrogen (secondary N) is 1. The zero-order chi connectivity index (χ0) is 12.6. The lowest BCUT2D eigenvalue weighted by Gasteiger charge is -2.04. The van der Waals surface area contributed by atoms with Gasteiger partial charge in [0.05, 0.1) is 6.67 Å². The molecule has 1 nitrogen and oxygen atoms in total. The fourth-order valence-corrected chi connectivity index (χ4v) is 2.03. The number of halogens is 1.